The number of sulfonamides is 1. The van der Waals surface area contributed by atoms with E-state index < -0.39 is 34.4 Å². The van der Waals surface area contributed by atoms with E-state index in [1.807, 2.05) is 6.92 Å². The van der Waals surface area contributed by atoms with Crippen LogP contribution in [0.15, 0.2) is 24.4 Å². The fourth-order valence-corrected chi connectivity index (χ4v) is 5.65. The highest BCUT2D eigenvalue weighted by Crippen LogP contribution is 2.37. The minimum Gasteiger partial charge on any atom is -0.481 e. The van der Waals surface area contributed by atoms with Gasteiger partial charge in [-0.05, 0) is 37.6 Å². The van der Waals surface area contributed by atoms with Crippen LogP contribution in [0.2, 0.25) is 5.15 Å². The lowest BCUT2D eigenvalue weighted by molar-refractivity contribution is -0.135. The van der Waals surface area contributed by atoms with Crippen LogP contribution >= 0.6 is 22.9 Å². The van der Waals surface area contributed by atoms with Gasteiger partial charge in [0.15, 0.2) is 17.5 Å². The molecular weight excluding hydrogens is 557 g/mol. The number of aryl methyl sites for hydroxylation is 2. The van der Waals surface area contributed by atoms with Gasteiger partial charge in [-0.2, -0.15) is 5.10 Å². The van der Waals surface area contributed by atoms with Gasteiger partial charge in [0, 0.05) is 26.2 Å². The van der Waals surface area contributed by atoms with Gasteiger partial charge in [-0.3, -0.25) is 14.1 Å². The summed E-state index contributed by atoms with van der Waals surface area (Å²) in [7, 11) is -2.19. The lowest BCUT2D eigenvalue weighted by Crippen LogP contribution is -2.44. The SMILES string of the molecule is Cc1cnc(C2c3c(nc4sc(C)nn34)CCN2C(=O)COc2ccc(N(C)S(C)(=O)=O)nc2Cl)c(F)c1. The molecule has 0 N–H and O–H groups in total. The molecule has 5 heterocycles. The molecule has 38 heavy (non-hydrogen) atoms. The number of rotatable bonds is 6. The quantitative estimate of drug-likeness (QED) is 0.320. The topological polar surface area (TPSA) is 123 Å². The van der Waals surface area contributed by atoms with Gasteiger partial charge in [0.1, 0.15) is 28.4 Å². The first-order valence-corrected chi connectivity index (χ1v) is 14.5. The van der Waals surface area contributed by atoms with Crippen molar-refractivity contribution in [2.24, 2.45) is 0 Å². The van der Waals surface area contributed by atoms with Crippen LogP contribution in [-0.2, 0) is 21.2 Å². The van der Waals surface area contributed by atoms with Crippen LogP contribution in [0.1, 0.15) is 33.7 Å². The van der Waals surface area contributed by atoms with Gasteiger partial charge in [0.2, 0.25) is 15.0 Å². The van der Waals surface area contributed by atoms with Crippen LogP contribution in [-0.4, -0.2) is 70.2 Å². The maximum Gasteiger partial charge on any atom is 0.261 e. The summed E-state index contributed by atoms with van der Waals surface area (Å²) in [6.45, 7) is 3.44. The van der Waals surface area contributed by atoms with Crippen molar-refractivity contribution in [3.05, 3.63) is 63.0 Å². The molecule has 4 aromatic heterocycles. The van der Waals surface area contributed by atoms with Crippen LogP contribution in [0.4, 0.5) is 10.2 Å². The molecule has 0 fully saturated rings. The highest BCUT2D eigenvalue weighted by molar-refractivity contribution is 7.92. The van der Waals surface area contributed by atoms with Crippen molar-refractivity contribution < 1.29 is 22.3 Å². The summed E-state index contributed by atoms with van der Waals surface area (Å²) < 4.78 is 47.1. The summed E-state index contributed by atoms with van der Waals surface area (Å²) in [6.07, 6.45) is 3.05. The predicted molar refractivity (Wildman–Crippen MR) is 140 cm³/mol. The van der Waals surface area contributed by atoms with E-state index >= 15 is 4.39 Å². The van der Waals surface area contributed by atoms with Gasteiger partial charge in [-0.15, -0.1) is 0 Å². The van der Waals surface area contributed by atoms with Crippen molar-refractivity contribution in [3.8, 4) is 5.75 Å². The third-order valence-electron chi connectivity index (χ3n) is 6.13. The van der Waals surface area contributed by atoms with Crippen molar-refractivity contribution in [1.82, 2.24) is 29.5 Å². The zero-order chi connectivity index (χ0) is 27.4. The number of nitrogens with zero attached hydrogens (tertiary/aromatic N) is 7. The number of aromatic nitrogens is 5. The molecule has 0 saturated heterocycles. The number of imidazole rings is 1. The number of anilines is 1. The van der Waals surface area contributed by atoms with Crippen LogP contribution in [0, 0.1) is 19.7 Å². The van der Waals surface area contributed by atoms with E-state index in [1.165, 1.54) is 41.5 Å². The second-order valence-corrected chi connectivity index (χ2v) is 12.4. The molecular formula is C23H23ClFN7O4S2. The second-order valence-electron chi connectivity index (χ2n) is 8.86. The fourth-order valence-electron chi connectivity index (χ4n) is 4.24. The van der Waals surface area contributed by atoms with Crippen molar-refractivity contribution in [1.29, 1.82) is 0 Å². The number of amides is 1. The monoisotopic (exact) mass is 579 g/mol. The average Bonchev–Trinajstić information content (AvgIpc) is 3.37. The molecule has 0 spiro atoms. The Morgan fingerprint density at radius 3 is 2.76 bits per heavy atom. The van der Waals surface area contributed by atoms with Gasteiger partial charge in [0.05, 0.1) is 17.6 Å². The van der Waals surface area contributed by atoms with Crippen molar-refractivity contribution >= 4 is 49.6 Å². The molecule has 0 bridgehead atoms. The molecule has 4 aromatic rings. The van der Waals surface area contributed by atoms with Gasteiger partial charge < -0.3 is 9.64 Å². The first-order valence-electron chi connectivity index (χ1n) is 11.4. The van der Waals surface area contributed by atoms with Crippen LogP contribution in [0.5, 0.6) is 5.75 Å². The highest BCUT2D eigenvalue weighted by Gasteiger charge is 2.39. The zero-order valence-corrected chi connectivity index (χ0v) is 23.2. The van der Waals surface area contributed by atoms with Crippen molar-refractivity contribution in [3.63, 3.8) is 0 Å². The van der Waals surface area contributed by atoms with Crippen LogP contribution in [0.25, 0.3) is 4.96 Å². The first kappa shape index (κ1) is 26.3. The summed E-state index contributed by atoms with van der Waals surface area (Å²) >= 11 is 7.62. The predicted octanol–water partition coefficient (Wildman–Crippen LogP) is 2.94. The molecule has 0 aliphatic carbocycles. The number of carbonyl (C=O) groups is 1. The smallest absolute Gasteiger partial charge is 0.261 e. The van der Waals surface area contributed by atoms with E-state index in [0.29, 0.717) is 22.6 Å². The van der Waals surface area contributed by atoms with Crippen LogP contribution < -0.4 is 9.04 Å². The lowest BCUT2D eigenvalue weighted by atomic mass is 9.98. The Kier molecular flexibility index (Phi) is 6.73. The number of pyridine rings is 2. The summed E-state index contributed by atoms with van der Waals surface area (Å²) in [5.74, 6) is -0.774. The van der Waals surface area contributed by atoms with E-state index in [1.54, 1.807) is 17.6 Å². The zero-order valence-electron chi connectivity index (χ0n) is 20.8. The highest BCUT2D eigenvalue weighted by atomic mass is 35.5. The second kappa shape index (κ2) is 9.75. The van der Waals surface area contributed by atoms with E-state index in [2.05, 4.69) is 20.1 Å². The Hall–Kier alpha value is -3.36. The van der Waals surface area contributed by atoms with Gasteiger partial charge >= 0.3 is 0 Å². The number of hydrogen-bond acceptors (Lipinski definition) is 9. The molecule has 11 nitrogen and oxygen atoms in total. The summed E-state index contributed by atoms with van der Waals surface area (Å²) in [6, 6.07) is 3.36. The van der Waals surface area contributed by atoms with E-state index in [9.17, 15) is 13.2 Å². The maximum absolute atomic E-state index is 15.2. The molecule has 200 valence electrons. The molecule has 1 amide bonds. The van der Waals surface area contributed by atoms with Gasteiger partial charge in [-0.1, -0.05) is 22.9 Å². The molecule has 0 aromatic carbocycles. The molecule has 0 radical (unpaired) electrons. The third-order valence-corrected chi connectivity index (χ3v) is 8.41. The summed E-state index contributed by atoms with van der Waals surface area (Å²) in [5.41, 5.74) is 2.06. The maximum atomic E-state index is 15.2. The molecule has 1 atom stereocenters. The Morgan fingerprint density at radius 1 is 1.32 bits per heavy atom. The standard InChI is InChI=1S/C23H23ClFN7O4S2/c1-12-9-14(25)19(26-10-12)21-20-15(27-23-32(20)29-13(2)37-23)7-8-31(21)18(33)11-36-16-5-6-17(28-22(16)24)30(3)38(4,34)35/h5-6,9-10,21H,7-8,11H2,1-4H3. The molecule has 5 rings (SSSR count). The lowest BCUT2D eigenvalue weighted by Gasteiger charge is -2.35. The Bertz CT molecular complexity index is 1670. The Morgan fingerprint density at radius 2 is 2.08 bits per heavy atom. The molecule has 1 aliphatic rings. The first-order chi connectivity index (χ1) is 17.9. The molecule has 1 unspecified atom stereocenters. The molecule has 0 saturated carbocycles. The number of halogens is 2. The van der Waals surface area contributed by atoms with E-state index in [0.717, 1.165) is 21.3 Å². The Balaban J connectivity index is 1.45. The third kappa shape index (κ3) is 4.78. The summed E-state index contributed by atoms with van der Waals surface area (Å²) in [4.78, 5) is 28.7. The minimum absolute atomic E-state index is 0.0882. The molecule has 15 heteroatoms. The normalized spacial score (nSPS) is 15.5. The van der Waals surface area contributed by atoms with E-state index in [-0.39, 0.29) is 29.0 Å². The van der Waals surface area contributed by atoms with Crippen LogP contribution in [0.3, 0.4) is 0 Å². The average molecular weight is 580 g/mol. The van der Waals surface area contributed by atoms with Gasteiger partial charge in [-0.25, -0.2) is 27.3 Å². The number of carbonyl (C=O) groups excluding carboxylic acids is 1. The Labute approximate surface area is 226 Å². The minimum atomic E-state index is -3.54. The number of fused-ring (bicyclic) bond motifs is 3. The fraction of sp³-hybridized carbons (Fsp3) is 0.348. The van der Waals surface area contributed by atoms with Crippen molar-refractivity contribution in [2.75, 3.05) is 30.8 Å². The van der Waals surface area contributed by atoms with Gasteiger partial charge in [0.25, 0.3) is 5.91 Å². The van der Waals surface area contributed by atoms with E-state index in [4.69, 9.17) is 16.3 Å². The number of hydrogen-bond donors (Lipinski definition) is 0. The van der Waals surface area contributed by atoms with Crippen molar-refractivity contribution in [2.45, 2.75) is 26.3 Å². The molecule has 1 aliphatic heterocycles. The largest absolute Gasteiger partial charge is 0.481 e. The summed E-state index contributed by atoms with van der Waals surface area (Å²) in [5, 5.41) is 5.20. The number of ether oxygens (including phenoxy) is 1.